The molecule has 0 bridgehead atoms. The molecule has 3 aromatic heterocycles. The van der Waals surface area contributed by atoms with Gasteiger partial charge in [-0.25, -0.2) is 4.98 Å². The van der Waals surface area contributed by atoms with Gasteiger partial charge in [0, 0.05) is 29.2 Å². The van der Waals surface area contributed by atoms with Crippen LogP contribution in [-0.2, 0) is 5.75 Å². The summed E-state index contributed by atoms with van der Waals surface area (Å²) in [7, 11) is 0. The lowest BCUT2D eigenvalue weighted by molar-refractivity contribution is 0.0942. The number of nitrogens with one attached hydrogen (secondary N) is 1. The Balaban J connectivity index is 1.24. The summed E-state index contributed by atoms with van der Waals surface area (Å²) in [6.45, 7) is 3.77. The van der Waals surface area contributed by atoms with Crippen molar-refractivity contribution in [1.29, 1.82) is 0 Å². The van der Waals surface area contributed by atoms with Crippen LogP contribution in [-0.4, -0.2) is 56.7 Å². The minimum atomic E-state index is -0.126. The molecular weight excluding hydrogens is 504 g/mol. The summed E-state index contributed by atoms with van der Waals surface area (Å²) in [6, 6.07) is 11.2. The van der Waals surface area contributed by atoms with Crippen molar-refractivity contribution in [1.82, 2.24) is 30.0 Å². The number of carbonyl (C=O) groups is 1. The third-order valence-electron chi connectivity index (χ3n) is 5.73. The molecule has 0 aliphatic carbocycles. The molecule has 0 radical (unpaired) electrons. The maximum atomic E-state index is 12.5. The SMILES string of the molecule is O=C(NCCN1CCCCC1)c1csc(CSc2nnc(-c3ccco3)n2-c2ccc(Cl)cc2)n1. The highest BCUT2D eigenvalue weighted by Crippen LogP contribution is 2.31. The number of benzene rings is 1. The first-order chi connectivity index (χ1) is 17.2. The van der Waals surface area contributed by atoms with Crippen LogP contribution in [0.25, 0.3) is 17.3 Å². The zero-order valence-electron chi connectivity index (χ0n) is 19.0. The molecule has 0 unspecified atom stereocenters. The molecule has 0 spiro atoms. The number of hydrogen-bond donors (Lipinski definition) is 1. The molecule has 35 heavy (non-hydrogen) atoms. The van der Waals surface area contributed by atoms with Gasteiger partial charge in [-0.15, -0.1) is 21.5 Å². The van der Waals surface area contributed by atoms with E-state index in [4.69, 9.17) is 16.0 Å². The Labute approximate surface area is 216 Å². The molecule has 1 N–H and O–H groups in total. The van der Waals surface area contributed by atoms with Gasteiger partial charge in [0.05, 0.1) is 12.0 Å². The summed E-state index contributed by atoms with van der Waals surface area (Å²) in [5.41, 5.74) is 1.33. The molecule has 1 aliphatic rings. The lowest BCUT2D eigenvalue weighted by Crippen LogP contribution is -2.37. The number of piperidine rings is 1. The largest absolute Gasteiger partial charge is 0.461 e. The van der Waals surface area contributed by atoms with E-state index in [1.54, 1.807) is 6.26 Å². The van der Waals surface area contributed by atoms with Crippen LogP contribution in [0, 0.1) is 0 Å². The second-order valence-electron chi connectivity index (χ2n) is 8.17. The Kier molecular flexibility index (Phi) is 7.82. The molecule has 1 aliphatic heterocycles. The highest BCUT2D eigenvalue weighted by molar-refractivity contribution is 7.98. The number of carbonyl (C=O) groups excluding carboxylic acids is 1. The Bertz CT molecular complexity index is 1250. The topological polar surface area (TPSA) is 89.1 Å². The van der Waals surface area contributed by atoms with E-state index in [0.29, 0.717) is 39.8 Å². The predicted octanol–water partition coefficient (Wildman–Crippen LogP) is 5.15. The number of aromatic nitrogens is 4. The molecule has 11 heteroatoms. The number of rotatable bonds is 9. The van der Waals surface area contributed by atoms with Gasteiger partial charge in [0.25, 0.3) is 5.91 Å². The van der Waals surface area contributed by atoms with Crippen molar-refractivity contribution in [2.24, 2.45) is 0 Å². The monoisotopic (exact) mass is 528 g/mol. The van der Waals surface area contributed by atoms with Crippen LogP contribution >= 0.6 is 34.7 Å². The molecule has 5 rings (SSSR count). The molecule has 1 fully saturated rings. The second-order valence-corrected chi connectivity index (χ2v) is 10.5. The fourth-order valence-electron chi connectivity index (χ4n) is 3.96. The van der Waals surface area contributed by atoms with Gasteiger partial charge >= 0.3 is 0 Å². The average Bonchev–Trinajstić information content (AvgIpc) is 3.65. The number of nitrogens with zero attached hydrogens (tertiary/aromatic N) is 5. The first kappa shape index (κ1) is 24.1. The Morgan fingerprint density at radius 1 is 1.14 bits per heavy atom. The number of thiazole rings is 1. The molecule has 4 heterocycles. The molecule has 0 saturated carbocycles. The Morgan fingerprint density at radius 2 is 1.97 bits per heavy atom. The third-order valence-corrected chi connectivity index (χ3v) is 7.95. The van der Waals surface area contributed by atoms with Crippen molar-refractivity contribution in [3.63, 3.8) is 0 Å². The number of halogens is 1. The molecule has 0 atom stereocenters. The van der Waals surface area contributed by atoms with Crippen LogP contribution in [0.1, 0.15) is 34.8 Å². The van der Waals surface area contributed by atoms with Gasteiger partial charge in [0.1, 0.15) is 10.7 Å². The molecule has 1 aromatic carbocycles. The number of thioether (sulfide) groups is 1. The minimum Gasteiger partial charge on any atom is -0.461 e. The number of hydrogen-bond acceptors (Lipinski definition) is 8. The number of furan rings is 1. The molecule has 4 aromatic rings. The highest BCUT2D eigenvalue weighted by atomic mass is 35.5. The highest BCUT2D eigenvalue weighted by Gasteiger charge is 2.19. The van der Waals surface area contributed by atoms with Crippen molar-refractivity contribution in [3.8, 4) is 17.3 Å². The fraction of sp³-hybridized carbons (Fsp3) is 0.333. The maximum absolute atomic E-state index is 12.5. The van der Waals surface area contributed by atoms with Crippen molar-refractivity contribution in [2.45, 2.75) is 30.2 Å². The van der Waals surface area contributed by atoms with E-state index in [-0.39, 0.29) is 5.91 Å². The summed E-state index contributed by atoms with van der Waals surface area (Å²) in [5.74, 6) is 1.67. The van der Waals surface area contributed by atoms with Crippen molar-refractivity contribution in [2.75, 3.05) is 26.2 Å². The molecule has 1 saturated heterocycles. The van der Waals surface area contributed by atoms with E-state index in [2.05, 4.69) is 25.4 Å². The summed E-state index contributed by atoms with van der Waals surface area (Å²) in [4.78, 5) is 19.5. The molecule has 8 nitrogen and oxygen atoms in total. The van der Waals surface area contributed by atoms with E-state index in [0.717, 1.165) is 30.3 Å². The van der Waals surface area contributed by atoms with Crippen molar-refractivity contribution >= 4 is 40.6 Å². The van der Waals surface area contributed by atoms with Crippen LogP contribution < -0.4 is 5.32 Å². The summed E-state index contributed by atoms with van der Waals surface area (Å²) >= 11 is 9.06. The Morgan fingerprint density at radius 3 is 2.74 bits per heavy atom. The third kappa shape index (κ3) is 5.95. The van der Waals surface area contributed by atoms with Crippen LogP contribution in [0.15, 0.2) is 57.6 Å². The zero-order valence-corrected chi connectivity index (χ0v) is 21.4. The van der Waals surface area contributed by atoms with Gasteiger partial charge in [0.2, 0.25) is 5.82 Å². The van der Waals surface area contributed by atoms with Crippen molar-refractivity contribution < 1.29 is 9.21 Å². The lowest BCUT2D eigenvalue weighted by Gasteiger charge is -2.26. The summed E-state index contributed by atoms with van der Waals surface area (Å²) in [5, 5.41) is 15.7. The standard InChI is InChI=1S/C24H25ClN6O2S2/c25-17-6-8-18(9-7-17)31-22(20-5-4-14-33-20)28-29-24(31)35-16-21-27-19(15-34-21)23(32)26-10-13-30-11-2-1-3-12-30/h4-9,14-15H,1-3,10-13,16H2,(H,26,32). The van der Waals surface area contributed by atoms with Crippen LogP contribution in [0.3, 0.4) is 0 Å². The lowest BCUT2D eigenvalue weighted by atomic mass is 10.1. The second kappa shape index (κ2) is 11.4. The van der Waals surface area contributed by atoms with E-state index < -0.39 is 0 Å². The summed E-state index contributed by atoms with van der Waals surface area (Å²) < 4.78 is 7.50. The average molecular weight is 529 g/mol. The summed E-state index contributed by atoms with van der Waals surface area (Å²) in [6.07, 6.45) is 5.41. The van der Waals surface area contributed by atoms with Crippen molar-refractivity contribution in [3.05, 3.63) is 63.8 Å². The van der Waals surface area contributed by atoms with Gasteiger partial charge < -0.3 is 14.6 Å². The van der Waals surface area contributed by atoms with Gasteiger partial charge in [0.15, 0.2) is 10.9 Å². The van der Waals surface area contributed by atoms with Crippen LogP contribution in [0.4, 0.5) is 0 Å². The minimum absolute atomic E-state index is 0.126. The van der Waals surface area contributed by atoms with Gasteiger partial charge in [-0.1, -0.05) is 29.8 Å². The van der Waals surface area contributed by atoms with E-state index >= 15 is 0 Å². The molecule has 1 amide bonds. The quantitative estimate of drug-likeness (QED) is 0.301. The van der Waals surface area contributed by atoms with Crippen LogP contribution in [0.2, 0.25) is 5.02 Å². The zero-order chi connectivity index (χ0) is 24.0. The van der Waals surface area contributed by atoms with E-state index in [1.165, 1.54) is 42.4 Å². The van der Waals surface area contributed by atoms with Gasteiger partial charge in [-0.2, -0.15) is 0 Å². The maximum Gasteiger partial charge on any atom is 0.270 e. The Hall–Kier alpha value is -2.66. The predicted molar refractivity (Wildman–Crippen MR) is 138 cm³/mol. The van der Waals surface area contributed by atoms with E-state index in [1.807, 2.05) is 46.3 Å². The van der Waals surface area contributed by atoms with Crippen LogP contribution in [0.5, 0.6) is 0 Å². The number of likely N-dealkylation sites (tertiary alicyclic amines) is 1. The first-order valence-electron chi connectivity index (χ1n) is 11.5. The first-order valence-corrected chi connectivity index (χ1v) is 13.7. The van der Waals surface area contributed by atoms with Gasteiger partial charge in [-0.3, -0.25) is 9.36 Å². The fourth-order valence-corrected chi connectivity index (χ4v) is 5.83. The molecule has 182 valence electrons. The van der Waals surface area contributed by atoms with E-state index in [9.17, 15) is 4.79 Å². The smallest absolute Gasteiger partial charge is 0.270 e. The normalized spacial score (nSPS) is 14.3. The molecular formula is C24H25ClN6O2S2. The number of amides is 1. The van der Waals surface area contributed by atoms with Gasteiger partial charge in [-0.05, 0) is 62.3 Å².